The monoisotopic (exact) mass is 404 g/mol. The normalized spacial score (nSPS) is 28.0. The van der Waals surface area contributed by atoms with Gasteiger partial charge in [-0.3, -0.25) is 4.99 Å². The molecular formula is C25H45N2P. The van der Waals surface area contributed by atoms with Crippen molar-refractivity contribution in [3.8, 4) is 0 Å². The van der Waals surface area contributed by atoms with E-state index in [1.54, 1.807) is 5.58 Å². The maximum atomic E-state index is 5.61. The van der Waals surface area contributed by atoms with E-state index in [2.05, 4.69) is 5.32 Å². The van der Waals surface area contributed by atoms with Crippen molar-refractivity contribution in [1.82, 2.24) is 5.32 Å². The molecule has 4 fully saturated rings. The van der Waals surface area contributed by atoms with Crippen LogP contribution in [0.2, 0.25) is 0 Å². The Kier molecular flexibility index (Phi) is 8.56. The molecule has 4 rings (SSSR count). The molecular weight excluding hydrogens is 359 g/mol. The molecule has 28 heavy (non-hydrogen) atoms. The highest BCUT2D eigenvalue weighted by molar-refractivity contribution is 7.76. The minimum atomic E-state index is -0.0713. The summed E-state index contributed by atoms with van der Waals surface area (Å²) in [6, 6.07) is 1.37. The highest BCUT2D eigenvalue weighted by Gasteiger charge is 2.36. The van der Waals surface area contributed by atoms with Crippen LogP contribution < -0.4 is 5.32 Å². The summed E-state index contributed by atoms with van der Waals surface area (Å²) >= 11 is 0. The number of amidine groups is 1. The van der Waals surface area contributed by atoms with Crippen LogP contribution in [0.5, 0.6) is 0 Å². The van der Waals surface area contributed by atoms with Crippen LogP contribution in [0, 0.1) is 0 Å². The summed E-state index contributed by atoms with van der Waals surface area (Å²) in [4.78, 5) is 5.61. The summed E-state index contributed by atoms with van der Waals surface area (Å²) in [5, 5.41) is 4.18. The molecule has 0 unspecified atom stereocenters. The van der Waals surface area contributed by atoms with Gasteiger partial charge in [-0.1, -0.05) is 77.0 Å². The Morgan fingerprint density at radius 1 is 0.536 bits per heavy atom. The molecule has 160 valence electrons. The molecule has 3 heteroatoms. The van der Waals surface area contributed by atoms with Gasteiger partial charge in [-0.05, 0) is 70.6 Å². The van der Waals surface area contributed by atoms with E-state index >= 15 is 0 Å². The second-order valence-electron chi connectivity index (χ2n) is 10.2. The average molecular weight is 405 g/mol. The number of nitrogens with one attached hydrogen (secondary N) is 1. The van der Waals surface area contributed by atoms with Gasteiger partial charge in [0.15, 0.2) is 0 Å². The van der Waals surface area contributed by atoms with Crippen LogP contribution in [0.4, 0.5) is 0 Å². The van der Waals surface area contributed by atoms with E-state index in [1.165, 1.54) is 128 Å². The Labute approximate surface area is 175 Å². The second-order valence-corrected chi connectivity index (χ2v) is 12.9. The molecule has 0 amide bonds. The van der Waals surface area contributed by atoms with Crippen LogP contribution in [-0.4, -0.2) is 29.0 Å². The molecule has 0 aromatic rings. The lowest BCUT2D eigenvalue weighted by Crippen LogP contribution is -2.40. The van der Waals surface area contributed by atoms with E-state index in [-0.39, 0.29) is 7.92 Å². The fourth-order valence-corrected chi connectivity index (χ4v) is 10.1. The highest BCUT2D eigenvalue weighted by Crippen LogP contribution is 2.56. The lowest BCUT2D eigenvalue weighted by molar-refractivity contribution is 0.410. The van der Waals surface area contributed by atoms with Crippen molar-refractivity contribution < 1.29 is 0 Å². The van der Waals surface area contributed by atoms with Gasteiger partial charge in [-0.25, -0.2) is 0 Å². The molecule has 0 atom stereocenters. The molecule has 0 spiro atoms. The summed E-state index contributed by atoms with van der Waals surface area (Å²) < 4.78 is 0. The third-order valence-corrected chi connectivity index (χ3v) is 11.3. The van der Waals surface area contributed by atoms with E-state index in [1.807, 2.05) is 0 Å². The molecule has 0 radical (unpaired) electrons. The standard InChI is InChI=1S/C25H45N2P/c1-5-13-21(14-6-1)26-25(27-22-15-7-2-8-16-22)28(23-17-9-3-10-18-23)24-19-11-4-12-20-24/h21-24H,1-20H2,(H,26,27). The molecule has 4 saturated carbocycles. The smallest absolute Gasteiger partial charge is 0.120 e. The Hall–Kier alpha value is -0.100. The molecule has 4 aliphatic carbocycles. The number of hydrogen-bond donors (Lipinski definition) is 1. The molecule has 0 aromatic heterocycles. The first-order valence-electron chi connectivity index (χ1n) is 13.0. The van der Waals surface area contributed by atoms with E-state index < -0.39 is 0 Å². The van der Waals surface area contributed by atoms with Crippen LogP contribution in [0.15, 0.2) is 4.99 Å². The summed E-state index contributed by atoms with van der Waals surface area (Å²) in [6.45, 7) is 0. The van der Waals surface area contributed by atoms with Crippen molar-refractivity contribution in [3.05, 3.63) is 0 Å². The van der Waals surface area contributed by atoms with Crippen molar-refractivity contribution in [2.24, 2.45) is 4.99 Å². The van der Waals surface area contributed by atoms with E-state index in [9.17, 15) is 0 Å². The summed E-state index contributed by atoms with van der Waals surface area (Å²) in [5.41, 5.74) is 3.53. The second kappa shape index (κ2) is 11.3. The topological polar surface area (TPSA) is 24.4 Å². The van der Waals surface area contributed by atoms with Crippen molar-refractivity contribution in [2.75, 3.05) is 0 Å². The lowest BCUT2D eigenvalue weighted by Gasteiger charge is -2.41. The molecule has 0 bridgehead atoms. The minimum Gasteiger partial charge on any atom is -0.367 e. The van der Waals surface area contributed by atoms with Crippen molar-refractivity contribution in [2.45, 2.75) is 152 Å². The van der Waals surface area contributed by atoms with Gasteiger partial charge >= 0.3 is 0 Å². The Bertz CT molecular complexity index is 449. The average Bonchev–Trinajstić information content (AvgIpc) is 2.77. The Morgan fingerprint density at radius 2 is 0.964 bits per heavy atom. The molecule has 0 heterocycles. The summed E-state index contributed by atoms with van der Waals surface area (Å²) in [6.07, 6.45) is 29.0. The van der Waals surface area contributed by atoms with Gasteiger partial charge in [0.1, 0.15) is 5.58 Å². The first kappa shape index (κ1) is 21.1. The van der Waals surface area contributed by atoms with E-state index in [0.29, 0.717) is 6.04 Å². The summed E-state index contributed by atoms with van der Waals surface area (Å²) in [5.74, 6) is 0. The van der Waals surface area contributed by atoms with E-state index in [0.717, 1.165) is 17.4 Å². The minimum absolute atomic E-state index is 0.0713. The fourth-order valence-electron chi connectivity index (χ4n) is 6.35. The zero-order valence-corrected chi connectivity index (χ0v) is 19.2. The predicted octanol–water partition coefficient (Wildman–Crippen LogP) is 7.74. The van der Waals surface area contributed by atoms with Gasteiger partial charge in [0.05, 0.1) is 6.04 Å². The number of nitrogens with zero attached hydrogens (tertiary/aromatic N) is 1. The number of hydrogen-bond acceptors (Lipinski definition) is 1. The van der Waals surface area contributed by atoms with Gasteiger partial charge in [-0.2, -0.15) is 0 Å². The first-order valence-corrected chi connectivity index (χ1v) is 14.5. The SMILES string of the molecule is C1CCC(N=C(NC2CCCCC2)P(C2CCCCC2)C2CCCCC2)CC1. The van der Waals surface area contributed by atoms with Gasteiger partial charge in [-0.15, -0.1) is 0 Å². The molecule has 0 saturated heterocycles. The number of aliphatic imine (C=N–C) groups is 1. The fraction of sp³-hybridized carbons (Fsp3) is 0.960. The third-order valence-electron chi connectivity index (χ3n) is 8.00. The van der Waals surface area contributed by atoms with Gasteiger partial charge < -0.3 is 5.32 Å². The maximum Gasteiger partial charge on any atom is 0.120 e. The Morgan fingerprint density at radius 3 is 1.46 bits per heavy atom. The third kappa shape index (κ3) is 5.96. The van der Waals surface area contributed by atoms with Crippen molar-refractivity contribution in [1.29, 1.82) is 0 Å². The maximum absolute atomic E-state index is 5.61. The summed E-state index contributed by atoms with van der Waals surface area (Å²) in [7, 11) is -0.0713. The predicted molar refractivity (Wildman–Crippen MR) is 125 cm³/mol. The van der Waals surface area contributed by atoms with Crippen LogP contribution in [0.1, 0.15) is 128 Å². The van der Waals surface area contributed by atoms with Gasteiger partial charge in [0.25, 0.3) is 0 Å². The van der Waals surface area contributed by atoms with Crippen LogP contribution in [-0.2, 0) is 0 Å². The van der Waals surface area contributed by atoms with Gasteiger partial charge in [0, 0.05) is 6.04 Å². The van der Waals surface area contributed by atoms with Crippen LogP contribution >= 0.6 is 7.92 Å². The largest absolute Gasteiger partial charge is 0.367 e. The molecule has 0 aliphatic heterocycles. The lowest BCUT2D eigenvalue weighted by atomic mass is 9.95. The molecule has 4 aliphatic rings. The van der Waals surface area contributed by atoms with Crippen LogP contribution in [0.3, 0.4) is 0 Å². The van der Waals surface area contributed by atoms with Crippen LogP contribution in [0.25, 0.3) is 0 Å². The zero-order valence-electron chi connectivity index (χ0n) is 18.3. The Balaban J connectivity index is 1.56. The quantitative estimate of drug-likeness (QED) is 0.283. The van der Waals surface area contributed by atoms with Gasteiger partial charge in [0.2, 0.25) is 0 Å². The zero-order chi connectivity index (χ0) is 19.0. The highest BCUT2D eigenvalue weighted by atomic mass is 31.1. The van der Waals surface area contributed by atoms with E-state index in [4.69, 9.17) is 4.99 Å². The molecule has 0 aromatic carbocycles. The van der Waals surface area contributed by atoms with Crippen molar-refractivity contribution >= 4 is 13.5 Å². The molecule has 2 nitrogen and oxygen atoms in total. The first-order chi connectivity index (χ1) is 13.9. The number of rotatable bonds is 5. The van der Waals surface area contributed by atoms with Crippen molar-refractivity contribution in [3.63, 3.8) is 0 Å². The molecule has 1 N–H and O–H groups in total.